The van der Waals surface area contributed by atoms with Gasteiger partial charge in [0.15, 0.2) is 0 Å². The van der Waals surface area contributed by atoms with Crippen LogP contribution in [-0.4, -0.2) is 16.9 Å². The van der Waals surface area contributed by atoms with Crippen LogP contribution in [0.5, 0.6) is 0 Å². The maximum atomic E-state index is 11.8. The van der Waals surface area contributed by atoms with Crippen LogP contribution in [0.25, 0.3) is 0 Å². The van der Waals surface area contributed by atoms with Crippen LogP contribution in [0.15, 0.2) is 24.5 Å². The molecule has 0 aliphatic carbocycles. The molecular formula is C13H21N3O. The largest absolute Gasteiger partial charge is 0.348 e. The van der Waals surface area contributed by atoms with Crippen molar-refractivity contribution in [2.45, 2.75) is 39.3 Å². The summed E-state index contributed by atoms with van der Waals surface area (Å²) in [5, 5.41) is 2.90. The van der Waals surface area contributed by atoms with Crippen molar-refractivity contribution >= 4 is 5.91 Å². The third kappa shape index (κ3) is 4.53. The standard InChI is InChI=1S/C13H21N3O/c1-9(2)7-12(14)13(17)16-10(3)11-5-4-6-15-8-11/h4-6,8-10,12H,7,14H2,1-3H3,(H,16,17)/t10?,12-/m1/s1. The van der Waals surface area contributed by atoms with E-state index in [4.69, 9.17) is 5.73 Å². The molecule has 1 aromatic rings. The van der Waals surface area contributed by atoms with Crippen molar-refractivity contribution in [3.63, 3.8) is 0 Å². The normalized spacial score (nSPS) is 14.4. The molecule has 17 heavy (non-hydrogen) atoms. The SMILES string of the molecule is CC(C)C[C@@H](N)C(=O)NC(C)c1cccnc1. The number of hydrogen-bond donors (Lipinski definition) is 2. The number of nitrogens with zero attached hydrogens (tertiary/aromatic N) is 1. The maximum absolute atomic E-state index is 11.8. The van der Waals surface area contributed by atoms with Gasteiger partial charge >= 0.3 is 0 Å². The van der Waals surface area contributed by atoms with Crippen molar-refractivity contribution in [3.8, 4) is 0 Å². The van der Waals surface area contributed by atoms with Crippen LogP contribution in [0.1, 0.15) is 38.8 Å². The number of hydrogen-bond acceptors (Lipinski definition) is 3. The fourth-order valence-electron chi connectivity index (χ4n) is 1.65. The molecule has 0 aliphatic rings. The molecule has 0 fully saturated rings. The molecular weight excluding hydrogens is 214 g/mol. The van der Waals surface area contributed by atoms with Gasteiger partial charge in [0.05, 0.1) is 12.1 Å². The van der Waals surface area contributed by atoms with Crippen LogP contribution in [0, 0.1) is 5.92 Å². The molecule has 1 aromatic heterocycles. The van der Waals surface area contributed by atoms with Crippen LogP contribution in [-0.2, 0) is 4.79 Å². The zero-order chi connectivity index (χ0) is 12.8. The summed E-state index contributed by atoms with van der Waals surface area (Å²) in [6.45, 7) is 6.03. The maximum Gasteiger partial charge on any atom is 0.237 e. The van der Waals surface area contributed by atoms with E-state index in [0.29, 0.717) is 12.3 Å². The summed E-state index contributed by atoms with van der Waals surface area (Å²) in [6.07, 6.45) is 4.16. The second kappa shape index (κ2) is 6.35. The molecule has 0 bridgehead atoms. The Morgan fingerprint density at radius 2 is 2.18 bits per heavy atom. The van der Waals surface area contributed by atoms with E-state index in [1.807, 2.05) is 19.1 Å². The molecule has 94 valence electrons. The zero-order valence-electron chi connectivity index (χ0n) is 10.7. The molecule has 1 amide bonds. The highest BCUT2D eigenvalue weighted by atomic mass is 16.2. The Balaban J connectivity index is 2.51. The van der Waals surface area contributed by atoms with Gasteiger partial charge in [0.2, 0.25) is 5.91 Å². The van der Waals surface area contributed by atoms with Gasteiger partial charge in [-0.3, -0.25) is 9.78 Å². The van der Waals surface area contributed by atoms with Crippen molar-refractivity contribution in [1.29, 1.82) is 0 Å². The second-order valence-electron chi connectivity index (χ2n) is 4.75. The van der Waals surface area contributed by atoms with Gasteiger partial charge < -0.3 is 11.1 Å². The molecule has 2 atom stereocenters. The fraction of sp³-hybridized carbons (Fsp3) is 0.538. The molecule has 0 saturated heterocycles. The van der Waals surface area contributed by atoms with Gasteiger partial charge in [-0.05, 0) is 30.9 Å². The quantitative estimate of drug-likeness (QED) is 0.815. The van der Waals surface area contributed by atoms with E-state index in [1.165, 1.54) is 0 Å². The highest BCUT2D eigenvalue weighted by molar-refractivity contribution is 5.81. The van der Waals surface area contributed by atoms with E-state index in [9.17, 15) is 4.79 Å². The zero-order valence-corrected chi connectivity index (χ0v) is 10.7. The summed E-state index contributed by atoms with van der Waals surface area (Å²) in [5.74, 6) is 0.319. The minimum Gasteiger partial charge on any atom is -0.348 e. The molecule has 0 aromatic carbocycles. The molecule has 1 rings (SSSR count). The van der Waals surface area contributed by atoms with Crippen molar-refractivity contribution < 1.29 is 4.79 Å². The number of rotatable bonds is 5. The number of amides is 1. The molecule has 1 heterocycles. The third-order valence-electron chi connectivity index (χ3n) is 2.61. The number of nitrogens with one attached hydrogen (secondary N) is 1. The Kier molecular flexibility index (Phi) is 5.10. The third-order valence-corrected chi connectivity index (χ3v) is 2.61. The number of pyridine rings is 1. The first-order valence-corrected chi connectivity index (χ1v) is 5.96. The summed E-state index contributed by atoms with van der Waals surface area (Å²) in [4.78, 5) is 15.8. The highest BCUT2D eigenvalue weighted by Crippen LogP contribution is 2.10. The lowest BCUT2D eigenvalue weighted by molar-refractivity contribution is -0.123. The second-order valence-corrected chi connectivity index (χ2v) is 4.75. The van der Waals surface area contributed by atoms with Gasteiger partial charge in [-0.2, -0.15) is 0 Å². The van der Waals surface area contributed by atoms with Gasteiger partial charge in [-0.1, -0.05) is 19.9 Å². The van der Waals surface area contributed by atoms with Gasteiger partial charge in [0.1, 0.15) is 0 Å². The van der Waals surface area contributed by atoms with Crippen LogP contribution in [0.2, 0.25) is 0 Å². The van der Waals surface area contributed by atoms with Crippen LogP contribution >= 0.6 is 0 Å². The smallest absolute Gasteiger partial charge is 0.237 e. The summed E-state index contributed by atoms with van der Waals surface area (Å²) < 4.78 is 0. The van der Waals surface area contributed by atoms with E-state index >= 15 is 0 Å². The molecule has 0 saturated carbocycles. The first-order valence-electron chi connectivity index (χ1n) is 5.96. The molecule has 1 unspecified atom stereocenters. The average Bonchev–Trinajstić information content (AvgIpc) is 2.29. The molecule has 0 aliphatic heterocycles. The Labute approximate surface area is 103 Å². The van der Waals surface area contributed by atoms with E-state index in [1.54, 1.807) is 12.4 Å². The Morgan fingerprint density at radius 3 is 2.71 bits per heavy atom. The first kappa shape index (κ1) is 13.6. The van der Waals surface area contributed by atoms with Crippen LogP contribution < -0.4 is 11.1 Å². The number of aromatic nitrogens is 1. The minimum absolute atomic E-state index is 0.0607. The molecule has 4 heteroatoms. The van der Waals surface area contributed by atoms with Gasteiger partial charge in [-0.25, -0.2) is 0 Å². The highest BCUT2D eigenvalue weighted by Gasteiger charge is 2.17. The Bertz CT molecular complexity index is 351. The van der Waals surface area contributed by atoms with Gasteiger partial charge in [0, 0.05) is 12.4 Å². The lowest BCUT2D eigenvalue weighted by Crippen LogP contribution is -2.42. The van der Waals surface area contributed by atoms with E-state index in [2.05, 4.69) is 24.1 Å². The number of carbonyl (C=O) groups excluding carboxylic acids is 1. The van der Waals surface area contributed by atoms with Crippen LogP contribution in [0.3, 0.4) is 0 Å². The van der Waals surface area contributed by atoms with Crippen molar-refractivity contribution in [2.75, 3.05) is 0 Å². The van der Waals surface area contributed by atoms with Gasteiger partial charge in [0.25, 0.3) is 0 Å². The van der Waals surface area contributed by atoms with Crippen molar-refractivity contribution in [2.24, 2.45) is 11.7 Å². The molecule has 0 spiro atoms. The molecule has 0 radical (unpaired) electrons. The first-order chi connectivity index (χ1) is 8.00. The minimum atomic E-state index is -0.436. The van der Waals surface area contributed by atoms with E-state index in [0.717, 1.165) is 5.56 Å². The summed E-state index contributed by atoms with van der Waals surface area (Å²) >= 11 is 0. The van der Waals surface area contributed by atoms with Crippen molar-refractivity contribution in [1.82, 2.24) is 10.3 Å². The predicted octanol–water partition coefficient (Wildman–Crippen LogP) is 1.63. The molecule has 4 nitrogen and oxygen atoms in total. The summed E-state index contributed by atoms with van der Waals surface area (Å²) in [6, 6.07) is 3.29. The van der Waals surface area contributed by atoms with Crippen LogP contribution in [0.4, 0.5) is 0 Å². The lowest BCUT2D eigenvalue weighted by Gasteiger charge is -2.18. The predicted molar refractivity (Wildman–Crippen MR) is 68.2 cm³/mol. The lowest BCUT2D eigenvalue weighted by atomic mass is 10.0. The number of nitrogens with two attached hydrogens (primary N) is 1. The summed E-state index contributed by atoms with van der Waals surface area (Å²) in [5.41, 5.74) is 6.80. The number of carbonyl (C=O) groups is 1. The molecule has 3 N–H and O–H groups in total. The topological polar surface area (TPSA) is 68.0 Å². The summed E-state index contributed by atoms with van der Waals surface area (Å²) in [7, 11) is 0. The van der Waals surface area contributed by atoms with Crippen molar-refractivity contribution in [3.05, 3.63) is 30.1 Å². The van der Waals surface area contributed by atoms with E-state index < -0.39 is 6.04 Å². The Morgan fingerprint density at radius 1 is 1.47 bits per heavy atom. The average molecular weight is 235 g/mol. The fourth-order valence-corrected chi connectivity index (χ4v) is 1.65. The van der Waals surface area contributed by atoms with E-state index in [-0.39, 0.29) is 11.9 Å². The Hall–Kier alpha value is -1.42. The monoisotopic (exact) mass is 235 g/mol. The van der Waals surface area contributed by atoms with Gasteiger partial charge in [-0.15, -0.1) is 0 Å².